The maximum atomic E-state index is 13.3. The number of hydrogen-bond acceptors (Lipinski definition) is 5. The molecule has 0 spiro atoms. The highest BCUT2D eigenvalue weighted by molar-refractivity contribution is 9.10. The molecule has 8 heteroatoms. The Morgan fingerprint density at radius 1 is 0.933 bits per heavy atom. The van der Waals surface area contributed by atoms with E-state index < -0.39 is 15.7 Å². The number of rotatable bonds is 6. The van der Waals surface area contributed by atoms with Gasteiger partial charge in [-0.2, -0.15) is 4.98 Å². The smallest absolute Gasteiger partial charge is 0.234 e. The second-order valence-electron chi connectivity index (χ2n) is 6.43. The molecule has 0 unspecified atom stereocenters. The molecule has 4 aromatic rings. The minimum atomic E-state index is -4.04. The van der Waals surface area contributed by atoms with Crippen LogP contribution in [0.1, 0.15) is 5.56 Å². The maximum absolute atomic E-state index is 13.3. The third-order valence-electron chi connectivity index (χ3n) is 4.37. The molecule has 0 radical (unpaired) electrons. The Morgan fingerprint density at radius 3 is 2.30 bits per heavy atom. The number of aromatic nitrogens is 1. The molecule has 0 bridgehead atoms. The Hall–Kier alpha value is -2.97. The highest BCUT2D eigenvalue weighted by atomic mass is 79.9. The summed E-state index contributed by atoms with van der Waals surface area (Å²) >= 11 is 3.43. The zero-order chi connectivity index (χ0) is 21.1. The third kappa shape index (κ3) is 4.15. The molecular weight excluding hydrogens is 471 g/mol. The Labute approximate surface area is 181 Å². The number of nitrogens with zero attached hydrogens (tertiary/aromatic N) is 1. The van der Waals surface area contributed by atoms with Crippen molar-refractivity contribution in [2.75, 3.05) is 5.32 Å². The van der Waals surface area contributed by atoms with Gasteiger partial charge in [0.2, 0.25) is 26.6 Å². The van der Waals surface area contributed by atoms with Crippen LogP contribution in [0.25, 0.3) is 11.5 Å². The molecule has 0 saturated heterocycles. The van der Waals surface area contributed by atoms with Crippen LogP contribution < -0.4 is 5.32 Å². The third-order valence-corrected chi connectivity index (χ3v) is 6.74. The van der Waals surface area contributed by atoms with Crippen LogP contribution in [-0.4, -0.2) is 13.4 Å². The highest BCUT2D eigenvalue weighted by Gasteiger charge is 2.29. The first-order valence-electron chi connectivity index (χ1n) is 8.99. The molecule has 0 fully saturated rings. The molecule has 1 aromatic heterocycles. The standard InChI is InChI=1S/C22H16BrFN2O3S/c23-19-9-5-4-8-18(19)20-26-22(30(27,28)17-12-10-16(24)11-13-17)21(29-20)25-14-15-6-2-1-3-7-15/h1-13,25H,14H2. The lowest BCUT2D eigenvalue weighted by Gasteiger charge is -2.06. The van der Waals surface area contributed by atoms with E-state index in [1.54, 1.807) is 12.1 Å². The monoisotopic (exact) mass is 486 g/mol. The van der Waals surface area contributed by atoms with Crippen LogP contribution >= 0.6 is 15.9 Å². The Bertz CT molecular complexity index is 1270. The van der Waals surface area contributed by atoms with Crippen molar-refractivity contribution in [3.8, 4) is 11.5 Å². The summed E-state index contributed by atoms with van der Waals surface area (Å²) in [6.45, 7) is 0.345. The molecular formula is C22H16BrFN2O3S. The SMILES string of the molecule is O=S(=O)(c1ccc(F)cc1)c1nc(-c2ccccc2Br)oc1NCc1ccccc1. The zero-order valence-electron chi connectivity index (χ0n) is 15.5. The van der Waals surface area contributed by atoms with E-state index in [9.17, 15) is 12.8 Å². The topological polar surface area (TPSA) is 72.2 Å². The molecule has 1 heterocycles. The van der Waals surface area contributed by atoms with Gasteiger partial charge in [0.05, 0.1) is 10.5 Å². The summed E-state index contributed by atoms with van der Waals surface area (Å²) in [4.78, 5) is 4.21. The minimum Gasteiger partial charge on any atom is -0.419 e. The average molecular weight is 487 g/mol. The number of benzene rings is 3. The van der Waals surface area contributed by atoms with Crippen molar-refractivity contribution in [3.63, 3.8) is 0 Å². The van der Waals surface area contributed by atoms with E-state index in [1.165, 1.54) is 12.1 Å². The number of oxazole rings is 1. The van der Waals surface area contributed by atoms with Crippen molar-refractivity contribution < 1.29 is 17.2 Å². The maximum Gasteiger partial charge on any atom is 0.234 e. The molecule has 0 saturated carbocycles. The van der Waals surface area contributed by atoms with E-state index in [4.69, 9.17) is 4.42 Å². The molecule has 1 N–H and O–H groups in total. The lowest BCUT2D eigenvalue weighted by Crippen LogP contribution is -2.07. The zero-order valence-corrected chi connectivity index (χ0v) is 18.0. The summed E-state index contributed by atoms with van der Waals surface area (Å²) in [6.07, 6.45) is 0. The first kappa shape index (κ1) is 20.3. The summed E-state index contributed by atoms with van der Waals surface area (Å²) in [6, 6.07) is 21.3. The fourth-order valence-corrected chi connectivity index (χ4v) is 4.59. The predicted molar refractivity (Wildman–Crippen MR) is 115 cm³/mol. The van der Waals surface area contributed by atoms with Gasteiger partial charge in [0.25, 0.3) is 0 Å². The molecule has 0 aliphatic heterocycles. The van der Waals surface area contributed by atoms with Gasteiger partial charge in [0.1, 0.15) is 5.82 Å². The van der Waals surface area contributed by atoms with E-state index in [1.807, 2.05) is 42.5 Å². The van der Waals surface area contributed by atoms with Gasteiger partial charge >= 0.3 is 0 Å². The Balaban J connectivity index is 1.79. The number of halogens is 2. The average Bonchev–Trinajstić information content (AvgIpc) is 3.18. The molecule has 0 amide bonds. The fourth-order valence-electron chi connectivity index (χ4n) is 2.85. The largest absolute Gasteiger partial charge is 0.419 e. The molecule has 30 heavy (non-hydrogen) atoms. The Morgan fingerprint density at radius 2 is 1.60 bits per heavy atom. The summed E-state index contributed by atoms with van der Waals surface area (Å²) in [5.74, 6) is -0.349. The normalized spacial score (nSPS) is 11.4. The quantitative estimate of drug-likeness (QED) is 0.354. The fraction of sp³-hybridized carbons (Fsp3) is 0.0455. The van der Waals surface area contributed by atoms with Crippen molar-refractivity contribution in [2.45, 2.75) is 16.5 Å². The van der Waals surface area contributed by atoms with Crippen LogP contribution in [0.15, 0.2) is 97.7 Å². The minimum absolute atomic E-state index is 0.0222. The van der Waals surface area contributed by atoms with Crippen molar-refractivity contribution in [3.05, 3.63) is 94.7 Å². The first-order valence-corrected chi connectivity index (χ1v) is 11.3. The van der Waals surface area contributed by atoms with Crippen LogP contribution in [0.3, 0.4) is 0 Å². The highest BCUT2D eigenvalue weighted by Crippen LogP contribution is 2.35. The predicted octanol–water partition coefficient (Wildman–Crippen LogP) is 5.69. The number of hydrogen-bond donors (Lipinski definition) is 1. The van der Waals surface area contributed by atoms with Gasteiger partial charge in [-0.3, -0.25) is 0 Å². The molecule has 152 valence electrons. The second-order valence-corrected chi connectivity index (χ2v) is 9.15. The van der Waals surface area contributed by atoms with Crippen molar-refractivity contribution in [1.29, 1.82) is 0 Å². The van der Waals surface area contributed by atoms with Crippen LogP contribution in [0, 0.1) is 5.82 Å². The molecule has 0 aliphatic rings. The van der Waals surface area contributed by atoms with Crippen LogP contribution in [0.5, 0.6) is 0 Å². The van der Waals surface area contributed by atoms with E-state index >= 15 is 0 Å². The molecule has 4 rings (SSSR count). The van der Waals surface area contributed by atoms with Crippen molar-refractivity contribution in [1.82, 2.24) is 4.98 Å². The van der Waals surface area contributed by atoms with Gasteiger partial charge in [0.15, 0.2) is 0 Å². The van der Waals surface area contributed by atoms with Crippen LogP contribution in [0.4, 0.5) is 10.3 Å². The van der Waals surface area contributed by atoms with Gasteiger partial charge in [-0.15, -0.1) is 0 Å². The first-order chi connectivity index (χ1) is 14.4. The van der Waals surface area contributed by atoms with Gasteiger partial charge in [-0.1, -0.05) is 42.5 Å². The van der Waals surface area contributed by atoms with Crippen LogP contribution in [0.2, 0.25) is 0 Å². The van der Waals surface area contributed by atoms with Crippen molar-refractivity contribution >= 4 is 31.7 Å². The summed E-state index contributed by atoms with van der Waals surface area (Å²) in [5.41, 5.74) is 1.56. The van der Waals surface area contributed by atoms with E-state index in [0.29, 0.717) is 16.6 Å². The van der Waals surface area contributed by atoms with Gasteiger partial charge < -0.3 is 9.73 Å². The van der Waals surface area contributed by atoms with Gasteiger partial charge in [-0.05, 0) is 57.9 Å². The molecule has 3 aromatic carbocycles. The van der Waals surface area contributed by atoms with E-state index in [-0.39, 0.29) is 21.7 Å². The lowest BCUT2D eigenvalue weighted by molar-refractivity contribution is 0.576. The van der Waals surface area contributed by atoms with Crippen LogP contribution in [-0.2, 0) is 16.4 Å². The molecule has 0 atom stereocenters. The summed E-state index contributed by atoms with van der Waals surface area (Å²) in [7, 11) is -4.04. The second kappa shape index (κ2) is 8.41. The number of nitrogens with one attached hydrogen (secondary N) is 1. The van der Waals surface area contributed by atoms with E-state index in [0.717, 1.165) is 17.7 Å². The number of anilines is 1. The molecule has 0 aliphatic carbocycles. The molecule has 5 nitrogen and oxygen atoms in total. The summed E-state index contributed by atoms with van der Waals surface area (Å²) < 4.78 is 46.3. The number of sulfone groups is 1. The lowest BCUT2D eigenvalue weighted by atomic mass is 10.2. The van der Waals surface area contributed by atoms with E-state index in [2.05, 4.69) is 26.2 Å². The van der Waals surface area contributed by atoms with Gasteiger partial charge in [0, 0.05) is 11.0 Å². The summed E-state index contributed by atoms with van der Waals surface area (Å²) in [5, 5.41) is 2.77. The Kier molecular flexibility index (Phi) is 5.69. The van der Waals surface area contributed by atoms with Gasteiger partial charge in [-0.25, -0.2) is 12.8 Å². The van der Waals surface area contributed by atoms with Crippen molar-refractivity contribution in [2.24, 2.45) is 0 Å².